The third kappa shape index (κ3) is 5.60. The van der Waals surface area contributed by atoms with Crippen LogP contribution in [0.15, 0.2) is 43.0 Å². The van der Waals surface area contributed by atoms with Crippen LogP contribution in [0.1, 0.15) is 25.7 Å². The van der Waals surface area contributed by atoms with Gasteiger partial charge in [0.1, 0.15) is 12.4 Å². The Balaban J connectivity index is 1.46. The summed E-state index contributed by atoms with van der Waals surface area (Å²) < 4.78 is 7.79. The minimum absolute atomic E-state index is 0.0594. The molecule has 1 aromatic carbocycles. The Morgan fingerprint density at radius 2 is 2.16 bits per heavy atom. The average Bonchev–Trinajstić information content (AvgIpc) is 3.16. The summed E-state index contributed by atoms with van der Waals surface area (Å²) in [5, 5.41) is 6.35. The molecule has 1 saturated heterocycles. The molecule has 0 radical (unpaired) electrons. The highest BCUT2D eigenvalue weighted by Gasteiger charge is 2.15. The molecule has 0 spiro atoms. The van der Waals surface area contributed by atoms with Crippen molar-refractivity contribution in [1.29, 1.82) is 0 Å². The number of nitrogens with one attached hydrogen (secondary N) is 2. The van der Waals surface area contributed by atoms with Crippen LogP contribution in [0, 0.1) is 5.92 Å². The van der Waals surface area contributed by atoms with Crippen molar-refractivity contribution < 1.29 is 9.53 Å². The van der Waals surface area contributed by atoms with Crippen molar-refractivity contribution >= 4 is 11.6 Å². The molecule has 0 bridgehead atoms. The van der Waals surface area contributed by atoms with E-state index < -0.39 is 0 Å². The van der Waals surface area contributed by atoms with Gasteiger partial charge in [-0.3, -0.25) is 4.79 Å². The number of hydrogen-bond donors (Lipinski definition) is 2. The molecule has 1 aliphatic rings. The fourth-order valence-electron chi connectivity index (χ4n) is 3.09. The predicted octanol–water partition coefficient (Wildman–Crippen LogP) is 2.68. The number of nitrogens with zero attached hydrogens (tertiary/aromatic N) is 2. The quantitative estimate of drug-likeness (QED) is 0.774. The lowest BCUT2D eigenvalue weighted by Gasteiger charge is -2.22. The molecule has 1 fully saturated rings. The Kier molecular flexibility index (Phi) is 6.45. The maximum absolute atomic E-state index is 12.3. The molecular weight excluding hydrogens is 316 g/mol. The molecule has 1 aliphatic heterocycles. The van der Waals surface area contributed by atoms with E-state index in [4.69, 9.17) is 4.74 Å². The summed E-state index contributed by atoms with van der Waals surface area (Å²) in [6.45, 7) is 3.38. The van der Waals surface area contributed by atoms with Crippen molar-refractivity contribution in [3.8, 4) is 5.75 Å². The first-order valence-corrected chi connectivity index (χ1v) is 8.99. The van der Waals surface area contributed by atoms with Gasteiger partial charge in [0.05, 0.1) is 18.6 Å². The smallest absolute Gasteiger partial charge is 0.224 e. The van der Waals surface area contributed by atoms with Gasteiger partial charge in [-0.1, -0.05) is 12.1 Å². The minimum atomic E-state index is 0.0594. The number of anilines is 1. The number of aromatic nitrogens is 2. The number of benzene rings is 1. The van der Waals surface area contributed by atoms with Gasteiger partial charge in [0.25, 0.3) is 0 Å². The van der Waals surface area contributed by atoms with Gasteiger partial charge in [0.15, 0.2) is 0 Å². The summed E-state index contributed by atoms with van der Waals surface area (Å²) in [4.78, 5) is 16.3. The van der Waals surface area contributed by atoms with E-state index in [1.165, 1.54) is 12.8 Å². The largest absolute Gasteiger partial charge is 0.490 e. The highest BCUT2D eigenvalue weighted by atomic mass is 16.5. The van der Waals surface area contributed by atoms with Crippen molar-refractivity contribution in [3.63, 3.8) is 0 Å². The minimum Gasteiger partial charge on any atom is -0.490 e. The van der Waals surface area contributed by atoms with Crippen molar-refractivity contribution in [2.45, 2.75) is 32.2 Å². The Morgan fingerprint density at radius 3 is 2.96 bits per heavy atom. The SMILES string of the molecule is O=C(CCC1CCNCC1)Nc1ccccc1OCCn1ccnc1. The van der Waals surface area contributed by atoms with Crippen molar-refractivity contribution in [2.24, 2.45) is 5.92 Å². The predicted molar refractivity (Wildman–Crippen MR) is 97.6 cm³/mol. The molecule has 1 aromatic heterocycles. The van der Waals surface area contributed by atoms with Crippen LogP contribution >= 0.6 is 0 Å². The molecule has 0 aliphatic carbocycles. The molecule has 2 N–H and O–H groups in total. The molecule has 0 unspecified atom stereocenters. The normalized spacial score (nSPS) is 15.0. The van der Waals surface area contributed by atoms with Gasteiger partial charge in [-0.25, -0.2) is 4.98 Å². The zero-order valence-corrected chi connectivity index (χ0v) is 14.5. The lowest BCUT2D eigenvalue weighted by molar-refractivity contribution is -0.116. The molecular formula is C19H26N4O2. The molecule has 0 atom stereocenters. The first-order valence-electron chi connectivity index (χ1n) is 8.99. The summed E-state index contributed by atoms with van der Waals surface area (Å²) in [5.41, 5.74) is 0.739. The third-order valence-corrected chi connectivity index (χ3v) is 4.57. The molecule has 3 rings (SSSR count). The van der Waals surface area contributed by atoms with Crippen LogP contribution in [0.5, 0.6) is 5.75 Å². The zero-order valence-electron chi connectivity index (χ0n) is 14.5. The molecule has 6 nitrogen and oxygen atoms in total. The molecule has 0 saturated carbocycles. The number of piperidine rings is 1. The Bertz CT molecular complexity index is 651. The van der Waals surface area contributed by atoms with Gasteiger partial charge < -0.3 is 19.9 Å². The fraction of sp³-hybridized carbons (Fsp3) is 0.474. The number of carbonyl (C=O) groups is 1. The van der Waals surface area contributed by atoms with Gasteiger partial charge in [0, 0.05) is 18.8 Å². The monoisotopic (exact) mass is 342 g/mol. The van der Waals surface area contributed by atoms with E-state index in [9.17, 15) is 4.79 Å². The molecule has 1 amide bonds. The average molecular weight is 342 g/mol. The van der Waals surface area contributed by atoms with Crippen LogP contribution in [0.25, 0.3) is 0 Å². The second kappa shape index (κ2) is 9.22. The maximum Gasteiger partial charge on any atom is 0.224 e. The topological polar surface area (TPSA) is 68.2 Å². The number of imidazole rings is 1. The van der Waals surface area contributed by atoms with E-state index in [1.807, 2.05) is 35.0 Å². The highest BCUT2D eigenvalue weighted by molar-refractivity contribution is 5.92. The Morgan fingerprint density at radius 1 is 1.32 bits per heavy atom. The van der Waals surface area contributed by atoms with E-state index >= 15 is 0 Å². The van der Waals surface area contributed by atoms with Crippen LogP contribution in [-0.2, 0) is 11.3 Å². The Hall–Kier alpha value is -2.34. The summed E-state index contributed by atoms with van der Waals surface area (Å²) in [7, 11) is 0. The molecule has 25 heavy (non-hydrogen) atoms. The summed E-state index contributed by atoms with van der Waals surface area (Å²) in [6, 6.07) is 7.59. The first-order chi connectivity index (χ1) is 12.3. The first kappa shape index (κ1) is 17.5. The van der Waals surface area contributed by atoms with Crippen molar-refractivity contribution in [3.05, 3.63) is 43.0 Å². The fourth-order valence-corrected chi connectivity index (χ4v) is 3.09. The van der Waals surface area contributed by atoms with Gasteiger partial charge in [-0.05, 0) is 50.4 Å². The molecule has 2 aromatic rings. The van der Waals surface area contributed by atoms with Crippen molar-refractivity contribution in [2.75, 3.05) is 25.0 Å². The summed E-state index contributed by atoms with van der Waals surface area (Å²) >= 11 is 0. The number of hydrogen-bond acceptors (Lipinski definition) is 4. The van der Waals surface area contributed by atoms with Gasteiger partial charge in [0.2, 0.25) is 5.91 Å². The van der Waals surface area contributed by atoms with Crippen LogP contribution in [0.3, 0.4) is 0 Å². The van der Waals surface area contributed by atoms with E-state index in [-0.39, 0.29) is 5.91 Å². The van der Waals surface area contributed by atoms with E-state index in [0.29, 0.717) is 24.7 Å². The van der Waals surface area contributed by atoms with E-state index in [0.717, 1.165) is 31.7 Å². The Labute approximate surface area is 148 Å². The van der Waals surface area contributed by atoms with Crippen LogP contribution in [0.4, 0.5) is 5.69 Å². The van der Waals surface area contributed by atoms with Crippen molar-refractivity contribution in [1.82, 2.24) is 14.9 Å². The molecule has 134 valence electrons. The van der Waals surface area contributed by atoms with Gasteiger partial charge >= 0.3 is 0 Å². The number of carbonyl (C=O) groups excluding carboxylic acids is 1. The number of rotatable bonds is 8. The summed E-state index contributed by atoms with van der Waals surface area (Å²) in [6.07, 6.45) is 9.26. The maximum atomic E-state index is 12.3. The zero-order chi connectivity index (χ0) is 17.3. The lowest BCUT2D eigenvalue weighted by Crippen LogP contribution is -2.28. The third-order valence-electron chi connectivity index (χ3n) is 4.57. The summed E-state index contributed by atoms with van der Waals surface area (Å²) in [5.74, 6) is 1.43. The van der Waals surface area contributed by atoms with Crippen LogP contribution in [-0.4, -0.2) is 35.2 Å². The van der Waals surface area contributed by atoms with Crippen LogP contribution < -0.4 is 15.4 Å². The number of ether oxygens (including phenoxy) is 1. The lowest BCUT2D eigenvalue weighted by atomic mass is 9.93. The molecule has 6 heteroatoms. The second-order valence-electron chi connectivity index (χ2n) is 6.43. The van der Waals surface area contributed by atoms with E-state index in [2.05, 4.69) is 15.6 Å². The van der Waals surface area contributed by atoms with Crippen LogP contribution in [0.2, 0.25) is 0 Å². The van der Waals surface area contributed by atoms with Gasteiger partial charge in [-0.15, -0.1) is 0 Å². The molecule has 2 heterocycles. The highest BCUT2D eigenvalue weighted by Crippen LogP contribution is 2.25. The second-order valence-corrected chi connectivity index (χ2v) is 6.43. The van der Waals surface area contributed by atoms with E-state index in [1.54, 1.807) is 12.5 Å². The standard InChI is InChI=1S/C19H26N4O2/c24-19(6-5-16-7-9-20-10-8-16)22-17-3-1-2-4-18(17)25-14-13-23-12-11-21-15-23/h1-4,11-12,15-16,20H,5-10,13-14H2,(H,22,24). The number of para-hydroxylation sites is 2. The van der Waals surface area contributed by atoms with Gasteiger partial charge in [-0.2, -0.15) is 0 Å². The number of amides is 1.